The highest BCUT2D eigenvalue weighted by Crippen LogP contribution is 2.17. The molecule has 5 nitrogen and oxygen atoms in total. The van der Waals surface area contributed by atoms with Gasteiger partial charge in [-0.1, -0.05) is 20.3 Å². The number of carbonyl (C=O) groups is 1. The minimum absolute atomic E-state index is 0.158. The van der Waals surface area contributed by atoms with E-state index < -0.39 is 10.0 Å². The van der Waals surface area contributed by atoms with Gasteiger partial charge in [0, 0.05) is 16.3 Å². The number of sulfonamides is 1. The van der Waals surface area contributed by atoms with Crippen molar-refractivity contribution in [2.75, 3.05) is 12.4 Å². The molecule has 1 N–H and O–H groups in total. The fourth-order valence-electron chi connectivity index (χ4n) is 1.61. The van der Waals surface area contributed by atoms with Gasteiger partial charge in [0.15, 0.2) is 0 Å². The SMILES string of the molecule is CCCCS(=O)(=O)NCc1ccc(CC(=O)OCCC)s1. The summed E-state index contributed by atoms with van der Waals surface area (Å²) in [4.78, 5) is 13.3. The Kier molecular flexibility index (Phi) is 7.92. The number of thiophene rings is 1. The van der Waals surface area contributed by atoms with Crippen LogP contribution in [-0.2, 0) is 32.5 Å². The van der Waals surface area contributed by atoms with Crippen LogP contribution < -0.4 is 4.72 Å². The molecule has 1 aromatic rings. The van der Waals surface area contributed by atoms with Gasteiger partial charge in [-0.2, -0.15) is 0 Å². The summed E-state index contributed by atoms with van der Waals surface area (Å²) >= 11 is 1.43. The highest BCUT2D eigenvalue weighted by Gasteiger charge is 2.11. The van der Waals surface area contributed by atoms with Crippen LogP contribution in [0.3, 0.4) is 0 Å². The molecule has 0 aliphatic rings. The van der Waals surface area contributed by atoms with E-state index in [-0.39, 0.29) is 24.7 Å². The summed E-state index contributed by atoms with van der Waals surface area (Å²) in [7, 11) is -3.20. The minimum Gasteiger partial charge on any atom is -0.465 e. The van der Waals surface area contributed by atoms with Crippen LogP contribution in [0.4, 0.5) is 0 Å². The van der Waals surface area contributed by atoms with Crippen LogP contribution in [0.1, 0.15) is 42.9 Å². The maximum Gasteiger partial charge on any atom is 0.311 e. The Hall–Kier alpha value is -0.920. The van der Waals surface area contributed by atoms with E-state index in [2.05, 4.69) is 4.72 Å². The Balaban J connectivity index is 2.43. The number of rotatable bonds is 10. The normalized spacial score (nSPS) is 11.5. The van der Waals surface area contributed by atoms with E-state index in [1.807, 2.05) is 26.0 Å². The fourth-order valence-corrected chi connectivity index (χ4v) is 3.83. The number of esters is 1. The Labute approximate surface area is 130 Å². The molecule has 0 saturated heterocycles. The summed E-state index contributed by atoms with van der Waals surface area (Å²) in [6.07, 6.45) is 2.56. The summed E-state index contributed by atoms with van der Waals surface area (Å²) in [5, 5.41) is 0. The molecule has 0 spiro atoms. The van der Waals surface area contributed by atoms with Crippen LogP contribution in [0.5, 0.6) is 0 Å². The number of ether oxygens (including phenoxy) is 1. The molecule has 0 bridgehead atoms. The van der Waals surface area contributed by atoms with Crippen molar-refractivity contribution >= 4 is 27.3 Å². The van der Waals surface area contributed by atoms with Gasteiger partial charge in [0.05, 0.1) is 18.8 Å². The smallest absolute Gasteiger partial charge is 0.311 e. The largest absolute Gasteiger partial charge is 0.465 e. The van der Waals surface area contributed by atoms with Crippen molar-refractivity contribution in [1.29, 1.82) is 0 Å². The Morgan fingerprint density at radius 2 is 1.95 bits per heavy atom. The van der Waals surface area contributed by atoms with E-state index in [0.717, 1.165) is 22.6 Å². The lowest BCUT2D eigenvalue weighted by Crippen LogP contribution is -2.25. The average molecular weight is 333 g/mol. The molecule has 0 saturated carbocycles. The molecule has 120 valence electrons. The Morgan fingerprint density at radius 1 is 1.24 bits per heavy atom. The van der Waals surface area contributed by atoms with Crippen molar-refractivity contribution in [3.05, 3.63) is 21.9 Å². The van der Waals surface area contributed by atoms with E-state index in [4.69, 9.17) is 4.74 Å². The number of hydrogen-bond donors (Lipinski definition) is 1. The number of nitrogens with one attached hydrogen (secondary N) is 1. The van der Waals surface area contributed by atoms with E-state index in [9.17, 15) is 13.2 Å². The lowest BCUT2D eigenvalue weighted by atomic mass is 10.3. The molecule has 1 heterocycles. The molecule has 0 radical (unpaired) electrons. The first-order valence-corrected chi connectivity index (χ1v) is 9.64. The topological polar surface area (TPSA) is 72.5 Å². The lowest BCUT2D eigenvalue weighted by molar-refractivity contribution is -0.142. The highest BCUT2D eigenvalue weighted by molar-refractivity contribution is 7.89. The maximum absolute atomic E-state index is 11.7. The zero-order valence-electron chi connectivity index (χ0n) is 12.6. The van der Waals surface area contributed by atoms with E-state index in [1.165, 1.54) is 11.3 Å². The van der Waals surface area contributed by atoms with E-state index >= 15 is 0 Å². The third kappa shape index (κ3) is 7.59. The monoisotopic (exact) mass is 333 g/mol. The molecular weight excluding hydrogens is 310 g/mol. The molecule has 1 rings (SSSR count). The molecule has 1 aromatic heterocycles. The summed E-state index contributed by atoms with van der Waals surface area (Å²) in [5.41, 5.74) is 0. The van der Waals surface area contributed by atoms with Crippen molar-refractivity contribution in [3.63, 3.8) is 0 Å². The first-order valence-electron chi connectivity index (χ1n) is 7.17. The van der Waals surface area contributed by atoms with Crippen molar-refractivity contribution in [1.82, 2.24) is 4.72 Å². The molecule has 0 amide bonds. The van der Waals surface area contributed by atoms with Crippen molar-refractivity contribution < 1.29 is 17.9 Å². The first-order chi connectivity index (χ1) is 9.96. The molecule has 0 aliphatic carbocycles. The summed E-state index contributed by atoms with van der Waals surface area (Å²) in [5.74, 6) is -0.0841. The highest BCUT2D eigenvalue weighted by atomic mass is 32.2. The fraction of sp³-hybridized carbons (Fsp3) is 0.643. The number of unbranched alkanes of at least 4 members (excludes halogenated alkanes) is 1. The van der Waals surface area contributed by atoms with Crippen LogP contribution in [0.2, 0.25) is 0 Å². The van der Waals surface area contributed by atoms with Crippen LogP contribution in [0.15, 0.2) is 12.1 Å². The zero-order chi connectivity index (χ0) is 15.7. The predicted octanol–water partition coefficient (Wildman–Crippen LogP) is 2.46. The lowest BCUT2D eigenvalue weighted by Gasteiger charge is -2.04. The quantitative estimate of drug-likeness (QED) is 0.668. The molecule has 21 heavy (non-hydrogen) atoms. The van der Waals surface area contributed by atoms with Gasteiger partial charge < -0.3 is 4.74 Å². The van der Waals surface area contributed by atoms with Gasteiger partial charge in [-0.15, -0.1) is 11.3 Å². The van der Waals surface area contributed by atoms with Gasteiger partial charge in [-0.3, -0.25) is 4.79 Å². The van der Waals surface area contributed by atoms with Gasteiger partial charge >= 0.3 is 5.97 Å². The summed E-state index contributed by atoms with van der Waals surface area (Å²) < 4.78 is 31.0. The van der Waals surface area contributed by atoms with Gasteiger partial charge in [-0.25, -0.2) is 13.1 Å². The summed E-state index contributed by atoms with van der Waals surface area (Å²) in [6, 6.07) is 3.68. The second-order valence-electron chi connectivity index (χ2n) is 4.76. The molecule has 0 aromatic carbocycles. The maximum atomic E-state index is 11.7. The third-order valence-electron chi connectivity index (χ3n) is 2.74. The Morgan fingerprint density at radius 3 is 2.62 bits per heavy atom. The van der Waals surface area contributed by atoms with Gasteiger partial charge in [0.1, 0.15) is 0 Å². The molecule has 0 aliphatic heterocycles. The van der Waals surface area contributed by atoms with Crippen LogP contribution in [0, 0.1) is 0 Å². The molecule has 0 unspecified atom stereocenters. The minimum atomic E-state index is -3.20. The van der Waals surface area contributed by atoms with Gasteiger partial charge in [0.2, 0.25) is 10.0 Å². The average Bonchev–Trinajstić information content (AvgIpc) is 2.88. The standard InChI is InChI=1S/C14H23NO4S2/c1-3-5-9-21(17,18)15-11-13-7-6-12(20-13)10-14(16)19-8-4-2/h6-7,15H,3-5,8-11H2,1-2H3. The Bertz CT molecular complexity index is 537. The van der Waals surface area contributed by atoms with Gasteiger partial charge in [0.25, 0.3) is 0 Å². The first kappa shape index (κ1) is 18.1. The molecule has 0 fully saturated rings. The number of hydrogen-bond acceptors (Lipinski definition) is 5. The van der Waals surface area contributed by atoms with E-state index in [0.29, 0.717) is 13.0 Å². The molecule has 7 heteroatoms. The summed E-state index contributed by atoms with van der Waals surface area (Å²) in [6.45, 7) is 4.62. The molecular formula is C14H23NO4S2. The van der Waals surface area contributed by atoms with Crippen molar-refractivity contribution in [2.45, 2.75) is 46.1 Å². The van der Waals surface area contributed by atoms with Crippen molar-refractivity contribution in [3.8, 4) is 0 Å². The van der Waals surface area contributed by atoms with Gasteiger partial charge in [-0.05, 0) is 25.0 Å². The van der Waals surface area contributed by atoms with Crippen molar-refractivity contribution in [2.24, 2.45) is 0 Å². The zero-order valence-corrected chi connectivity index (χ0v) is 14.2. The predicted molar refractivity (Wildman–Crippen MR) is 84.8 cm³/mol. The van der Waals surface area contributed by atoms with Crippen LogP contribution in [-0.4, -0.2) is 26.7 Å². The number of carbonyl (C=O) groups excluding carboxylic acids is 1. The molecule has 0 atom stereocenters. The van der Waals surface area contributed by atoms with Crippen LogP contribution >= 0.6 is 11.3 Å². The van der Waals surface area contributed by atoms with Crippen LogP contribution in [0.25, 0.3) is 0 Å². The second-order valence-corrected chi connectivity index (χ2v) is 7.94. The third-order valence-corrected chi connectivity index (χ3v) is 5.23. The second kappa shape index (κ2) is 9.17. The van der Waals surface area contributed by atoms with E-state index in [1.54, 1.807) is 0 Å².